The van der Waals surface area contributed by atoms with Crippen LogP contribution in [0.4, 0.5) is 11.4 Å². The Labute approximate surface area is 173 Å². The van der Waals surface area contributed by atoms with Gasteiger partial charge in [0, 0.05) is 16.9 Å². The number of rotatable bonds is 7. The summed E-state index contributed by atoms with van der Waals surface area (Å²) in [4.78, 5) is 24.4. The Morgan fingerprint density at radius 3 is 2.33 bits per heavy atom. The predicted molar refractivity (Wildman–Crippen MR) is 117 cm³/mol. The molecule has 0 bridgehead atoms. The van der Waals surface area contributed by atoms with Crippen molar-refractivity contribution in [2.24, 2.45) is 0 Å². The van der Waals surface area contributed by atoms with Gasteiger partial charge in [-0.1, -0.05) is 30.3 Å². The summed E-state index contributed by atoms with van der Waals surface area (Å²) in [6, 6.07) is 24.3. The lowest BCUT2D eigenvalue weighted by Gasteiger charge is -2.09. The van der Waals surface area contributed by atoms with Gasteiger partial charge in [0.15, 0.2) is 0 Å². The van der Waals surface area contributed by atoms with Crippen LogP contribution in [0, 0.1) is 0 Å². The average molecular weight is 399 g/mol. The summed E-state index contributed by atoms with van der Waals surface area (Å²) in [6.07, 6.45) is 1.57. The summed E-state index contributed by atoms with van der Waals surface area (Å²) in [7, 11) is 0. The van der Waals surface area contributed by atoms with Gasteiger partial charge < -0.3 is 20.4 Å². The van der Waals surface area contributed by atoms with E-state index < -0.39 is 0 Å². The Morgan fingerprint density at radius 2 is 1.57 bits per heavy atom. The summed E-state index contributed by atoms with van der Waals surface area (Å²) >= 11 is 0. The SMILES string of the molecule is O=C(CNc1ccc(C(=O)NCc2ccco2)cc1)Nc1ccc2ccccc2c1. The second-order valence-corrected chi connectivity index (χ2v) is 6.80. The van der Waals surface area contributed by atoms with Crippen LogP contribution in [0.2, 0.25) is 0 Å². The molecule has 2 amide bonds. The van der Waals surface area contributed by atoms with Crippen molar-refractivity contribution in [3.05, 3.63) is 96.4 Å². The molecule has 1 aromatic heterocycles. The molecule has 150 valence electrons. The van der Waals surface area contributed by atoms with E-state index in [2.05, 4.69) is 16.0 Å². The monoisotopic (exact) mass is 399 g/mol. The summed E-state index contributed by atoms with van der Waals surface area (Å²) in [5.74, 6) is 0.358. The Bertz CT molecular complexity index is 1150. The Kier molecular flexibility index (Phi) is 5.75. The number of nitrogens with one attached hydrogen (secondary N) is 3. The number of amides is 2. The second kappa shape index (κ2) is 8.96. The van der Waals surface area contributed by atoms with Crippen LogP contribution >= 0.6 is 0 Å². The van der Waals surface area contributed by atoms with Crippen LogP contribution < -0.4 is 16.0 Å². The van der Waals surface area contributed by atoms with Gasteiger partial charge >= 0.3 is 0 Å². The lowest BCUT2D eigenvalue weighted by atomic mass is 10.1. The van der Waals surface area contributed by atoms with Crippen LogP contribution in [0.15, 0.2) is 89.5 Å². The number of anilines is 2. The third-order valence-corrected chi connectivity index (χ3v) is 4.64. The molecule has 0 saturated heterocycles. The molecule has 0 fully saturated rings. The third kappa shape index (κ3) is 4.86. The maximum atomic E-state index is 12.2. The molecule has 3 aromatic carbocycles. The van der Waals surface area contributed by atoms with Crippen LogP contribution in [0.5, 0.6) is 0 Å². The van der Waals surface area contributed by atoms with Crippen LogP contribution in [-0.4, -0.2) is 18.4 Å². The first-order valence-electron chi connectivity index (χ1n) is 9.60. The van der Waals surface area contributed by atoms with E-state index in [4.69, 9.17) is 4.42 Å². The second-order valence-electron chi connectivity index (χ2n) is 6.80. The van der Waals surface area contributed by atoms with Crippen LogP contribution in [0.1, 0.15) is 16.1 Å². The third-order valence-electron chi connectivity index (χ3n) is 4.64. The Hall–Kier alpha value is -4.06. The summed E-state index contributed by atoms with van der Waals surface area (Å²) < 4.78 is 5.19. The van der Waals surface area contributed by atoms with E-state index in [0.29, 0.717) is 17.9 Å². The van der Waals surface area contributed by atoms with E-state index in [1.807, 2.05) is 42.5 Å². The maximum Gasteiger partial charge on any atom is 0.251 e. The molecule has 0 aliphatic carbocycles. The first kappa shape index (κ1) is 19.3. The molecular formula is C24H21N3O3. The smallest absolute Gasteiger partial charge is 0.251 e. The van der Waals surface area contributed by atoms with Gasteiger partial charge in [0.2, 0.25) is 5.91 Å². The van der Waals surface area contributed by atoms with Gasteiger partial charge in [0.05, 0.1) is 19.4 Å². The molecule has 0 radical (unpaired) electrons. The highest BCUT2D eigenvalue weighted by molar-refractivity contribution is 5.97. The molecule has 0 aliphatic rings. The number of hydrogen-bond acceptors (Lipinski definition) is 4. The topological polar surface area (TPSA) is 83.4 Å². The van der Waals surface area contributed by atoms with E-state index in [9.17, 15) is 9.59 Å². The average Bonchev–Trinajstić information content (AvgIpc) is 3.30. The number of fused-ring (bicyclic) bond motifs is 1. The molecule has 0 unspecified atom stereocenters. The number of hydrogen-bond donors (Lipinski definition) is 3. The highest BCUT2D eigenvalue weighted by Gasteiger charge is 2.07. The fraction of sp³-hybridized carbons (Fsp3) is 0.0833. The van der Waals surface area contributed by atoms with Gasteiger partial charge in [0.25, 0.3) is 5.91 Å². The molecule has 4 rings (SSSR count). The molecule has 0 saturated carbocycles. The number of carbonyl (C=O) groups excluding carboxylic acids is 2. The van der Waals surface area contributed by atoms with Crippen molar-refractivity contribution < 1.29 is 14.0 Å². The van der Waals surface area contributed by atoms with Gasteiger partial charge in [-0.2, -0.15) is 0 Å². The minimum atomic E-state index is -0.188. The predicted octanol–water partition coefficient (Wildman–Crippen LogP) is 4.41. The zero-order valence-corrected chi connectivity index (χ0v) is 16.2. The molecule has 3 N–H and O–H groups in total. The zero-order chi connectivity index (χ0) is 20.8. The van der Waals surface area contributed by atoms with Crippen molar-refractivity contribution >= 4 is 34.0 Å². The first-order chi connectivity index (χ1) is 14.7. The summed E-state index contributed by atoms with van der Waals surface area (Å²) in [6.45, 7) is 0.456. The van der Waals surface area contributed by atoms with E-state index in [0.717, 1.165) is 22.1 Å². The van der Waals surface area contributed by atoms with Crippen LogP contribution in [0.25, 0.3) is 10.8 Å². The van der Waals surface area contributed by atoms with Crippen molar-refractivity contribution in [2.75, 3.05) is 17.2 Å². The number of benzene rings is 3. The number of furan rings is 1. The molecule has 6 nitrogen and oxygen atoms in total. The highest BCUT2D eigenvalue weighted by Crippen LogP contribution is 2.18. The van der Waals surface area contributed by atoms with Crippen molar-refractivity contribution in [1.29, 1.82) is 0 Å². The summed E-state index contributed by atoms with van der Waals surface area (Å²) in [5.41, 5.74) is 2.04. The molecule has 0 aliphatic heterocycles. The van der Waals surface area contributed by atoms with Gasteiger partial charge in [0.1, 0.15) is 5.76 Å². The Morgan fingerprint density at radius 1 is 0.800 bits per heavy atom. The van der Waals surface area contributed by atoms with Gasteiger partial charge in [-0.15, -0.1) is 0 Å². The molecular weight excluding hydrogens is 378 g/mol. The molecule has 30 heavy (non-hydrogen) atoms. The fourth-order valence-electron chi connectivity index (χ4n) is 3.08. The van der Waals surface area contributed by atoms with Gasteiger partial charge in [-0.25, -0.2) is 0 Å². The van der Waals surface area contributed by atoms with E-state index in [1.54, 1.807) is 42.7 Å². The first-order valence-corrected chi connectivity index (χ1v) is 9.60. The number of carbonyl (C=O) groups is 2. The molecule has 0 spiro atoms. The van der Waals surface area contributed by atoms with E-state index >= 15 is 0 Å². The van der Waals surface area contributed by atoms with Crippen molar-refractivity contribution in [1.82, 2.24) is 5.32 Å². The maximum absolute atomic E-state index is 12.2. The fourth-order valence-corrected chi connectivity index (χ4v) is 3.08. The van der Waals surface area contributed by atoms with Gasteiger partial charge in [-0.3, -0.25) is 9.59 Å². The lowest BCUT2D eigenvalue weighted by molar-refractivity contribution is -0.114. The minimum Gasteiger partial charge on any atom is -0.467 e. The Balaban J connectivity index is 1.27. The largest absolute Gasteiger partial charge is 0.467 e. The van der Waals surface area contributed by atoms with Crippen LogP contribution in [0.3, 0.4) is 0 Å². The molecule has 1 heterocycles. The van der Waals surface area contributed by atoms with E-state index in [1.165, 1.54) is 0 Å². The standard InChI is InChI=1S/C24H21N3O3/c28-23(27-21-12-7-17-4-1-2-5-19(17)14-21)16-25-20-10-8-18(9-11-20)24(29)26-15-22-6-3-13-30-22/h1-14,25H,15-16H2,(H,26,29)(H,27,28). The van der Waals surface area contributed by atoms with Crippen molar-refractivity contribution in [3.63, 3.8) is 0 Å². The lowest BCUT2D eigenvalue weighted by Crippen LogP contribution is -2.23. The molecule has 4 aromatic rings. The highest BCUT2D eigenvalue weighted by atomic mass is 16.3. The minimum absolute atomic E-state index is 0.122. The molecule has 6 heteroatoms. The van der Waals surface area contributed by atoms with Crippen LogP contribution in [-0.2, 0) is 11.3 Å². The quantitative estimate of drug-likeness (QED) is 0.430. The van der Waals surface area contributed by atoms with Crippen molar-refractivity contribution in [3.8, 4) is 0 Å². The molecule has 0 atom stereocenters. The van der Waals surface area contributed by atoms with E-state index in [-0.39, 0.29) is 18.4 Å². The normalized spacial score (nSPS) is 10.5. The summed E-state index contributed by atoms with van der Waals surface area (Å²) in [5, 5.41) is 10.9. The van der Waals surface area contributed by atoms with Gasteiger partial charge in [-0.05, 0) is 59.3 Å². The van der Waals surface area contributed by atoms with Crippen molar-refractivity contribution in [2.45, 2.75) is 6.54 Å². The zero-order valence-electron chi connectivity index (χ0n) is 16.2.